The number of nitrogens with two attached hydrogens (primary N) is 1. The highest BCUT2D eigenvalue weighted by Gasteiger charge is 2.19. The molecule has 2 aromatic rings. The van der Waals surface area contributed by atoms with Gasteiger partial charge < -0.3 is 15.2 Å². The molecule has 0 radical (unpaired) electrons. The second kappa shape index (κ2) is 5.38. The molecule has 0 fully saturated rings. The highest BCUT2D eigenvalue weighted by molar-refractivity contribution is 9.10. The van der Waals surface area contributed by atoms with Crippen molar-refractivity contribution in [3.05, 3.63) is 33.9 Å². The van der Waals surface area contributed by atoms with Gasteiger partial charge >= 0.3 is 0 Å². The summed E-state index contributed by atoms with van der Waals surface area (Å²) in [5.74, 6) is 1.78. The van der Waals surface area contributed by atoms with Gasteiger partial charge in [-0.05, 0) is 18.2 Å². The molecule has 2 heterocycles. The number of fused-ring (bicyclic) bond motifs is 1. The summed E-state index contributed by atoms with van der Waals surface area (Å²) in [6, 6.07) is 5.72. The number of benzene rings is 1. The number of halogens is 1. The van der Waals surface area contributed by atoms with Gasteiger partial charge in [0.1, 0.15) is 11.6 Å². The lowest BCUT2D eigenvalue weighted by Crippen LogP contribution is -2.16. The maximum absolute atomic E-state index is 6.03. The molecule has 0 aliphatic carbocycles. The highest BCUT2D eigenvalue weighted by atomic mass is 79.9. The van der Waals surface area contributed by atoms with Gasteiger partial charge in [-0.3, -0.25) is 0 Å². The van der Waals surface area contributed by atoms with Gasteiger partial charge in [-0.25, -0.2) is 9.97 Å². The molecule has 2 N–H and O–H groups in total. The number of nitrogen functional groups attached to an aromatic ring is 1. The van der Waals surface area contributed by atoms with E-state index in [4.69, 9.17) is 15.2 Å². The fourth-order valence-electron chi connectivity index (χ4n) is 2.23. The van der Waals surface area contributed by atoms with Gasteiger partial charge in [-0.2, -0.15) is 0 Å². The highest BCUT2D eigenvalue weighted by Crippen LogP contribution is 2.32. The van der Waals surface area contributed by atoms with Crippen LogP contribution in [-0.4, -0.2) is 23.7 Å². The van der Waals surface area contributed by atoms with Gasteiger partial charge in [0, 0.05) is 16.5 Å². The Balaban J connectivity index is 2.15. The lowest BCUT2D eigenvalue weighted by molar-refractivity contribution is 0.109. The predicted octanol–water partition coefficient (Wildman–Crippen LogP) is 2.57. The van der Waals surface area contributed by atoms with Crippen LogP contribution >= 0.6 is 15.9 Å². The quantitative estimate of drug-likeness (QED) is 0.913. The number of methoxy groups -OCH3 is 1. The van der Waals surface area contributed by atoms with Gasteiger partial charge in [-0.15, -0.1) is 0 Å². The first-order chi connectivity index (χ1) is 9.69. The van der Waals surface area contributed by atoms with Crippen molar-refractivity contribution in [3.8, 4) is 17.1 Å². The maximum Gasteiger partial charge on any atom is 0.165 e. The molecule has 5 nitrogen and oxygen atoms in total. The average Bonchev–Trinajstić information content (AvgIpc) is 2.47. The molecule has 0 saturated heterocycles. The van der Waals surface area contributed by atoms with Crippen LogP contribution in [0.5, 0.6) is 5.75 Å². The summed E-state index contributed by atoms with van der Waals surface area (Å²) in [5.41, 5.74) is 8.70. The van der Waals surface area contributed by atoms with E-state index in [2.05, 4.69) is 25.9 Å². The van der Waals surface area contributed by atoms with Crippen molar-refractivity contribution in [2.24, 2.45) is 0 Å². The molecule has 0 bridgehead atoms. The number of rotatable bonds is 2. The molecule has 104 valence electrons. The first kappa shape index (κ1) is 13.3. The van der Waals surface area contributed by atoms with E-state index in [-0.39, 0.29) is 0 Å². The molecule has 0 amide bonds. The monoisotopic (exact) mass is 335 g/mol. The summed E-state index contributed by atoms with van der Waals surface area (Å²) >= 11 is 3.45. The smallest absolute Gasteiger partial charge is 0.165 e. The molecule has 0 unspecified atom stereocenters. The number of ether oxygens (including phenoxy) is 2. The summed E-state index contributed by atoms with van der Waals surface area (Å²) in [4.78, 5) is 9.01. The van der Waals surface area contributed by atoms with Gasteiger partial charge in [0.25, 0.3) is 0 Å². The van der Waals surface area contributed by atoms with Crippen LogP contribution < -0.4 is 10.5 Å². The molecule has 1 aromatic carbocycles. The molecule has 0 saturated carbocycles. The zero-order valence-electron chi connectivity index (χ0n) is 11.0. The molecular formula is C14H14BrN3O2. The first-order valence-corrected chi connectivity index (χ1v) is 7.05. The van der Waals surface area contributed by atoms with Gasteiger partial charge in [0.2, 0.25) is 0 Å². The number of anilines is 1. The maximum atomic E-state index is 6.03. The lowest BCUT2D eigenvalue weighted by Gasteiger charge is -2.18. The third-order valence-corrected chi connectivity index (χ3v) is 3.75. The Morgan fingerprint density at radius 3 is 3.00 bits per heavy atom. The fourth-order valence-corrected chi connectivity index (χ4v) is 2.59. The van der Waals surface area contributed by atoms with Crippen LogP contribution in [-0.2, 0) is 17.8 Å². The summed E-state index contributed by atoms with van der Waals surface area (Å²) in [7, 11) is 1.63. The van der Waals surface area contributed by atoms with Crippen molar-refractivity contribution in [1.29, 1.82) is 0 Å². The summed E-state index contributed by atoms with van der Waals surface area (Å²) < 4.78 is 11.7. The van der Waals surface area contributed by atoms with Crippen LogP contribution in [0, 0.1) is 0 Å². The molecule has 1 aromatic heterocycles. The zero-order valence-corrected chi connectivity index (χ0v) is 12.6. The molecule has 20 heavy (non-hydrogen) atoms. The van der Waals surface area contributed by atoms with E-state index in [1.54, 1.807) is 7.11 Å². The van der Waals surface area contributed by atoms with Crippen LogP contribution in [0.3, 0.4) is 0 Å². The third kappa shape index (κ3) is 2.36. The molecule has 6 heteroatoms. The molecule has 1 aliphatic rings. The molecule has 3 rings (SSSR count). The largest absolute Gasteiger partial charge is 0.496 e. The zero-order chi connectivity index (χ0) is 14.1. The van der Waals surface area contributed by atoms with Crippen molar-refractivity contribution in [3.63, 3.8) is 0 Å². The lowest BCUT2D eigenvalue weighted by atomic mass is 10.1. The van der Waals surface area contributed by atoms with Crippen molar-refractivity contribution in [2.45, 2.75) is 13.0 Å². The summed E-state index contributed by atoms with van der Waals surface area (Å²) in [5, 5.41) is 0. The molecular weight excluding hydrogens is 322 g/mol. The van der Waals surface area contributed by atoms with Crippen LogP contribution in [0.15, 0.2) is 22.7 Å². The SMILES string of the molecule is COc1ccc(Br)cc1-c1nc(N)c2c(n1)CCOC2. The summed E-state index contributed by atoms with van der Waals surface area (Å²) in [6.45, 7) is 1.15. The van der Waals surface area contributed by atoms with Gasteiger partial charge in [-0.1, -0.05) is 15.9 Å². The van der Waals surface area contributed by atoms with E-state index in [1.165, 1.54) is 0 Å². The molecule has 0 atom stereocenters. The Labute approximate surface area is 125 Å². The van der Waals surface area contributed by atoms with Crippen LogP contribution in [0.1, 0.15) is 11.3 Å². The van der Waals surface area contributed by atoms with E-state index < -0.39 is 0 Å². The first-order valence-electron chi connectivity index (χ1n) is 6.26. The van der Waals surface area contributed by atoms with Crippen molar-refractivity contribution in [1.82, 2.24) is 9.97 Å². The van der Waals surface area contributed by atoms with E-state index in [1.807, 2.05) is 18.2 Å². The molecule has 0 spiro atoms. The van der Waals surface area contributed by atoms with Crippen LogP contribution in [0.4, 0.5) is 5.82 Å². The Kier molecular flexibility index (Phi) is 3.58. The van der Waals surface area contributed by atoms with Crippen LogP contribution in [0.2, 0.25) is 0 Å². The number of hydrogen-bond donors (Lipinski definition) is 1. The second-order valence-electron chi connectivity index (χ2n) is 4.50. The average molecular weight is 336 g/mol. The Morgan fingerprint density at radius 1 is 1.35 bits per heavy atom. The normalized spacial score (nSPS) is 13.9. The third-order valence-electron chi connectivity index (χ3n) is 3.26. The minimum Gasteiger partial charge on any atom is -0.496 e. The topological polar surface area (TPSA) is 70.3 Å². The molecule has 1 aliphatic heterocycles. The van der Waals surface area contributed by atoms with E-state index in [0.717, 1.165) is 33.5 Å². The number of hydrogen-bond acceptors (Lipinski definition) is 5. The van der Waals surface area contributed by atoms with Crippen molar-refractivity contribution >= 4 is 21.7 Å². The second-order valence-corrected chi connectivity index (χ2v) is 5.42. The van der Waals surface area contributed by atoms with Crippen molar-refractivity contribution < 1.29 is 9.47 Å². The van der Waals surface area contributed by atoms with E-state index >= 15 is 0 Å². The Hall–Kier alpha value is -1.66. The van der Waals surface area contributed by atoms with E-state index in [0.29, 0.717) is 24.9 Å². The van der Waals surface area contributed by atoms with E-state index in [9.17, 15) is 0 Å². The summed E-state index contributed by atoms with van der Waals surface area (Å²) in [6.07, 6.45) is 0.755. The minimum atomic E-state index is 0.478. The standard InChI is InChI=1S/C14H14BrN3O2/c1-19-12-3-2-8(15)6-9(12)14-17-11-4-5-20-7-10(11)13(16)18-14/h2-3,6H,4-5,7H2,1H3,(H2,16,17,18). The number of nitrogens with zero attached hydrogens (tertiary/aromatic N) is 2. The van der Waals surface area contributed by atoms with Gasteiger partial charge in [0.15, 0.2) is 5.82 Å². The number of aromatic nitrogens is 2. The van der Waals surface area contributed by atoms with Gasteiger partial charge in [0.05, 0.1) is 31.6 Å². The van der Waals surface area contributed by atoms with Crippen molar-refractivity contribution in [2.75, 3.05) is 19.5 Å². The predicted molar refractivity (Wildman–Crippen MR) is 79.5 cm³/mol. The minimum absolute atomic E-state index is 0.478. The Morgan fingerprint density at radius 2 is 2.20 bits per heavy atom. The Bertz CT molecular complexity index is 661. The van der Waals surface area contributed by atoms with Crippen LogP contribution in [0.25, 0.3) is 11.4 Å². The fraction of sp³-hybridized carbons (Fsp3) is 0.286.